The molecule has 2 aliphatic carbocycles. The first kappa shape index (κ1) is 17.9. The van der Waals surface area contributed by atoms with Gasteiger partial charge in [0.25, 0.3) is 0 Å². The van der Waals surface area contributed by atoms with Crippen molar-refractivity contribution in [3.8, 4) is 0 Å². The van der Waals surface area contributed by atoms with E-state index in [1.807, 2.05) is 4.90 Å². The molecule has 1 aromatic heterocycles. The Hall–Kier alpha value is -2.12. The summed E-state index contributed by atoms with van der Waals surface area (Å²) >= 11 is 6.71. The van der Waals surface area contributed by atoms with Crippen molar-refractivity contribution >= 4 is 34.2 Å². The Bertz CT molecular complexity index is 1070. The van der Waals surface area contributed by atoms with Crippen molar-refractivity contribution in [3.63, 3.8) is 0 Å². The maximum Gasteiger partial charge on any atom is 0.341 e. The van der Waals surface area contributed by atoms with E-state index < -0.39 is 17.2 Å². The Morgan fingerprint density at radius 1 is 1.32 bits per heavy atom. The highest BCUT2D eigenvalue weighted by Gasteiger charge is 2.50. The van der Waals surface area contributed by atoms with E-state index in [0.717, 1.165) is 32.2 Å². The van der Waals surface area contributed by atoms with Crippen LogP contribution in [0.15, 0.2) is 17.1 Å². The Morgan fingerprint density at radius 2 is 2.04 bits per heavy atom. The van der Waals surface area contributed by atoms with Gasteiger partial charge in [-0.25, -0.2) is 9.18 Å². The van der Waals surface area contributed by atoms with Crippen LogP contribution in [-0.4, -0.2) is 52.8 Å². The topological polar surface area (TPSA) is 65.8 Å². The van der Waals surface area contributed by atoms with E-state index in [9.17, 15) is 14.7 Å². The minimum atomic E-state index is -1.31. The van der Waals surface area contributed by atoms with Gasteiger partial charge in [-0.05, 0) is 38.8 Å². The number of benzene rings is 1. The first-order valence-electron chi connectivity index (χ1n) is 9.59. The maximum atomic E-state index is 15.2. The number of carbonyl (C=O) groups is 1. The van der Waals surface area contributed by atoms with Gasteiger partial charge < -0.3 is 14.6 Å². The van der Waals surface area contributed by atoms with Crippen LogP contribution >= 0.6 is 11.6 Å². The first-order chi connectivity index (χ1) is 13.3. The largest absolute Gasteiger partial charge is 0.477 e. The lowest BCUT2D eigenvalue weighted by molar-refractivity contribution is 0.0695. The van der Waals surface area contributed by atoms with E-state index in [2.05, 4.69) is 11.9 Å². The fourth-order valence-corrected chi connectivity index (χ4v) is 4.86. The van der Waals surface area contributed by atoms with Crippen molar-refractivity contribution in [2.24, 2.45) is 0 Å². The number of carboxylic acid groups (broad SMARTS) is 1. The fourth-order valence-electron chi connectivity index (χ4n) is 4.45. The van der Waals surface area contributed by atoms with Gasteiger partial charge in [0, 0.05) is 37.4 Å². The number of anilines is 1. The summed E-state index contributed by atoms with van der Waals surface area (Å²) < 4.78 is 16.9. The molecular formula is C20H21ClFN3O3. The number of piperazine rings is 1. The zero-order chi connectivity index (χ0) is 19.8. The van der Waals surface area contributed by atoms with E-state index in [0.29, 0.717) is 24.3 Å². The van der Waals surface area contributed by atoms with Crippen LogP contribution in [0, 0.1) is 5.82 Å². The number of rotatable bonds is 3. The number of pyridine rings is 1. The number of carboxylic acids is 1. The van der Waals surface area contributed by atoms with Crippen molar-refractivity contribution in [3.05, 3.63) is 38.9 Å². The highest BCUT2D eigenvalue weighted by atomic mass is 35.5. The van der Waals surface area contributed by atoms with Crippen molar-refractivity contribution < 1.29 is 14.3 Å². The first-order valence-corrected chi connectivity index (χ1v) is 9.96. The van der Waals surface area contributed by atoms with Crippen molar-refractivity contribution in [2.45, 2.75) is 37.3 Å². The third kappa shape index (κ3) is 2.56. The Morgan fingerprint density at radius 3 is 2.64 bits per heavy atom. The van der Waals surface area contributed by atoms with Gasteiger partial charge in [-0.15, -0.1) is 0 Å². The van der Waals surface area contributed by atoms with Gasteiger partial charge in [0.1, 0.15) is 11.4 Å². The highest BCUT2D eigenvalue weighted by molar-refractivity contribution is 6.38. The van der Waals surface area contributed by atoms with Crippen LogP contribution in [0.4, 0.5) is 10.1 Å². The molecule has 28 heavy (non-hydrogen) atoms. The molecule has 1 N–H and O–H groups in total. The number of aromatic nitrogens is 1. The zero-order valence-corrected chi connectivity index (χ0v) is 16.3. The number of halogens is 2. The van der Waals surface area contributed by atoms with E-state index in [4.69, 9.17) is 11.6 Å². The van der Waals surface area contributed by atoms with Crippen LogP contribution in [-0.2, 0) is 0 Å². The van der Waals surface area contributed by atoms with E-state index >= 15 is 4.39 Å². The van der Waals surface area contributed by atoms with Crippen molar-refractivity contribution in [1.29, 1.82) is 0 Å². The second-order valence-corrected chi connectivity index (χ2v) is 8.68. The lowest BCUT2D eigenvalue weighted by atomic mass is 10.1. The van der Waals surface area contributed by atoms with Gasteiger partial charge >= 0.3 is 5.97 Å². The molecule has 1 aliphatic heterocycles. The number of aromatic carboxylic acids is 1. The molecule has 1 saturated heterocycles. The SMILES string of the molecule is CN1CCN(c2c(F)cc3c(=O)c(C(=O)O)cn(C4CC4)c3c2Cl)CC12CC2. The van der Waals surface area contributed by atoms with Gasteiger partial charge in [0.15, 0.2) is 0 Å². The summed E-state index contributed by atoms with van der Waals surface area (Å²) in [5.41, 5.74) is -0.181. The van der Waals surface area contributed by atoms with Gasteiger partial charge in [0.2, 0.25) is 5.43 Å². The summed E-state index contributed by atoms with van der Waals surface area (Å²) in [6.45, 7) is 2.18. The Kier molecular flexibility index (Phi) is 3.81. The van der Waals surface area contributed by atoms with Crippen LogP contribution in [0.25, 0.3) is 10.9 Å². The molecule has 2 saturated carbocycles. The molecule has 1 spiro atoms. The van der Waals surface area contributed by atoms with E-state index in [-0.39, 0.29) is 27.6 Å². The predicted molar refractivity (Wildman–Crippen MR) is 105 cm³/mol. The second-order valence-electron chi connectivity index (χ2n) is 8.30. The maximum absolute atomic E-state index is 15.2. The smallest absolute Gasteiger partial charge is 0.341 e. The number of fused-ring (bicyclic) bond motifs is 1. The number of nitrogens with zero attached hydrogens (tertiary/aromatic N) is 3. The van der Waals surface area contributed by atoms with E-state index in [1.54, 1.807) is 4.57 Å². The van der Waals surface area contributed by atoms with Crippen LogP contribution in [0.3, 0.4) is 0 Å². The molecule has 0 unspecified atom stereocenters. The lowest BCUT2D eigenvalue weighted by Crippen LogP contribution is -2.53. The van der Waals surface area contributed by atoms with Gasteiger partial charge in [-0.1, -0.05) is 11.6 Å². The summed E-state index contributed by atoms with van der Waals surface area (Å²) in [6, 6.07) is 1.27. The molecule has 5 rings (SSSR count). The summed E-state index contributed by atoms with van der Waals surface area (Å²) in [5, 5.41) is 9.63. The van der Waals surface area contributed by atoms with Crippen molar-refractivity contribution in [2.75, 3.05) is 31.6 Å². The standard InChI is InChI=1S/C20H21ClFN3O3/c1-23-6-7-24(10-20(23)4-5-20)17-14(22)8-12-16(15(17)21)25(11-2-3-11)9-13(18(12)26)19(27)28/h8-9,11H,2-7,10H2,1H3,(H,27,28). The average Bonchev–Trinajstić information content (AvgIpc) is 3.54. The average molecular weight is 406 g/mol. The summed E-state index contributed by atoms with van der Waals surface area (Å²) in [5.74, 6) is -1.88. The summed E-state index contributed by atoms with van der Waals surface area (Å²) in [6.07, 6.45) is 5.31. The molecule has 0 bridgehead atoms. The van der Waals surface area contributed by atoms with E-state index in [1.165, 1.54) is 12.3 Å². The minimum absolute atomic E-state index is 0.0355. The zero-order valence-electron chi connectivity index (χ0n) is 15.5. The van der Waals surface area contributed by atoms with Crippen LogP contribution in [0.1, 0.15) is 42.1 Å². The summed E-state index contributed by atoms with van der Waals surface area (Å²) in [7, 11) is 2.10. The molecule has 148 valence electrons. The third-order valence-corrected chi connectivity index (χ3v) is 6.86. The molecule has 3 fully saturated rings. The number of hydrogen-bond donors (Lipinski definition) is 1. The molecule has 0 radical (unpaired) electrons. The Labute approximate surface area is 166 Å². The van der Waals surface area contributed by atoms with Gasteiger partial charge in [-0.2, -0.15) is 0 Å². The molecule has 2 heterocycles. The molecular weight excluding hydrogens is 385 g/mol. The molecule has 1 aromatic carbocycles. The Balaban J connectivity index is 1.72. The number of hydrogen-bond acceptors (Lipinski definition) is 4. The van der Waals surface area contributed by atoms with Gasteiger partial charge in [0.05, 0.1) is 21.6 Å². The molecule has 0 amide bonds. The van der Waals surface area contributed by atoms with Crippen LogP contribution in [0.5, 0.6) is 0 Å². The minimum Gasteiger partial charge on any atom is -0.477 e. The van der Waals surface area contributed by atoms with Gasteiger partial charge in [-0.3, -0.25) is 9.69 Å². The monoisotopic (exact) mass is 405 g/mol. The highest BCUT2D eigenvalue weighted by Crippen LogP contribution is 2.47. The molecule has 0 atom stereocenters. The normalized spacial score (nSPS) is 21.5. The molecule has 2 aromatic rings. The fraction of sp³-hybridized carbons (Fsp3) is 0.500. The molecule has 3 aliphatic rings. The van der Waals surface area contributed by atoms with Crippen LogP contribution in [0.2, 0.25) is 5.02 Å². The van der Waals surface area contributed by atoms with Crippen LogP contribution < -0.4 is 10.3 Å². The third-order valence-electron chi connectivity index (χ3n) is 6.50. The second kappa shape index (κ2) is 5.94. The number of likely N-dealkylation sites (N-methyl/N-ethyl adjacent to an activating group) is 1. The molecule has 8 heteroatoms. The van der Waals surface area contributed by atoms with Crippen molar-refractivity contribution in [1.82, 2.24) is 9.47 Å². The summed E-state index contributed by atoms with van der Waals surface area (Å²) in [4.78, 5) is 28.5. The quantitative estimate of drug-likeness (QED) is 0.850. The lowest BCUT2D eigenvalue weighted by Gasteiger charge is -2.41. The predicted octanol–water partition coefficient (Wildman–Crippen LogP) is 3.11. The molecule has 6 nitrogen and oxygen atoms in total.